The second kappa shape index (κ2) is 3.37. The smallest absolute Gasteiger partial charge is 0.240 e. The Morgan fingerprint density at radius 1 is 1.33 bits per heavy atom. The number of aromatic nitrogens is 3. The Morgan fingerprint density at radius 3 is 2.40 bits per heavy atom. The van der Waals surface area contributed by atoms with Crippen molar-refractivity contribution in [1.29, 1.82) is 0 Å². The van der Waals surface area contributed by atoms with E-state index in [1.807, 2.05) is 0 Å². The minimum Gasteiger partial charge on any atom is -0.366 e. The molecule has 0 radical (unpaired) electrons. The highest BCUT2D eigenvalue weighted by Crippen LogP contribution is 2.36. The van der Waals surface area contributed by atoms with Crippen molar-refractivity contribution in [2.45, 2.75) is 38.1 Å². The largest absolute Gasteiger partial charge is 0.366 e. The highest BCUT2D eigenvalue weighted by molar-refractivity contribution is 5.21. The van der Waals surface area contributed by atoms with Crippen LogP contribution in [0.1, 0.15) is 38.4 Å². The molecule has 1 aromatic rings. The summed E-state index contributed by atoms with van der Waals surface area (Å²) in [6, 6.07) is 0. The minimum absolute atomic E-state index is 0.216. The maximum Gasteiger partial charge on any atom is 0.240 e. The number of rotatable bonds is 1. The molecule has 0 amide bonds. The molecule has 6 nitrogen and oxygen atoms in total. The Labute approximate surface area is 88.8 Å². The summed E-state index contributed by atoms with van der Waals surface area (Å²) in [7, 11) is 0. The molecule has 0 unspecified atom stereocenters. The fourth-order valence-corrected chi connectivity index (χ4v) is 2.14. The third-order valence-electron chi connectivity index (χ3n) is 3.33. The number of hydrogen-bond acceptors (Lipinski definition) is 5. The Hall–Kier alpha value is -1.30. The van der Waals surface area contributed by atoms with E-state index in [9.17, 15) is 0 Å². The van der Waals surface area contributed by atoms with E-state index < -0.39 is 5.54 Å². The van der Waals surface area contributed by atoms with E-state index in [0.29, 0.717) is 5.82 Å². The van der Waals surface area contributed by atoms with E-state index in [0.717, 1.165) is 31.6 Å². The van der Waals surface area contributed by atoms with Crippen molar-refractivity contribution in [3.8, 4) is 0 Å². The van der Waals surface area contributed by atoms with Crippen LogP contribution in [-0.4, -0.2) is 14.9 Å². The molecule has 0 spiro atoms. The van der Waals surface area contributed by atoms with E-state index in [1.54, 1.807) is 0 Å². The fraction of sp³-hybridized carbons (Fsp3) is 0.778. The van der Waals surface area contributed by atoms with Gasteiger partial charge >= 0.3 is 0 Å². The second-order valence-corrected chi connectivity index (χ2v) is 4.59. The normalized spacial score (nSPS) is 31.7. The van der Waals surface area contributed by atoms with Gasteiger partial charge in [0.1, 0.15) is 0 Å². The summed E-state index contributed by atoms with van der Waals surface area (Å²) in [6.45, 7) is 2.24. The molecule has 1 saturated carbocycles. The molecule has 0 aliphatic heterocycles. The fourth-order valence-electron chi connectivity index (χ4n) is 2.14. The average Bonchev–Trinajstić information content (AvgIpc) is 2.54. The maximum atomic E-state index is 6.30. The van der Waals surface area contributed by atoms with Crippen molar-refractivity contribution >= 4 is 5.95 Å². The zero-order valence-electron chi connectivity index (χ0n) is 8.98. The van der Waals surface area contributed by atoms with Gasteiger partial charge in [-0.2, -0.15) is 0 Å². The Bertz CT molecular complexity index is 349. The van der Waals surface area contributed by atoms with Gasteiger partial charge in [-0.1, -0.05) is 6.92 Å². The number of nitrogen functional groups attached to an aromatic ring is 2. The molecule has 1 heterocycles. The molecule has 1 aliphatic rings. The van der Waals surface area contributed by atoms with Crippen molar-refractivity contribution in [1.82, 2.24) is 14.9 Å². The summed E-state index contributed by atoms with van der Waals surface area (Å²) in [5.41, 5.74) is 11.4. The van der Waals surface area contributed by atoms with Gasteiger partial charge in [0, 0.05) is 0 Å². The van der Waals surface area contributed by atoms with Gasteiger partial charge in [0.25, 0.3) is 0 Å². The summed E-state index contributed by atoms with van der Waals surface area (Å²) < 4.78 is 1.30. The Balaban J connectivity index is 2.26. The molecule has 2 rings (SSSR count). The molecule has 1 aromatic heterocycles. The van der Waals surface area contributed by atoms with Crippen molar-refractivity contribution in [3.63, 3.8) is 0 Å². The molecule has 6 heteroatoms. The van der Waals surface area contributed by atoms with Gasteiger partial charge < -0.3 is 17.3 Å². The van der Waals surface area contributed by atoms with E-state index in [2.05, 4.69) is 17.1 Å². The van der Waals surface area contributed by atoms with Crippen molar-refractivity contribution in [2.24, 2.45) is 11.7 Å². The van der Waals surface area contributed by atoms with Gasteiger partial charge in [-0.25, -0.2) is 4.68 Å². The van der Waals surface area contributed by atoms with Gasteiger partial charge in [0.2, 0.25) is 5.95 Å². The van der Waals surface area contributed by atoms with Gasteiger partial charge in [0.05, 0.1) is 5.54 Å². The van der Waals surface area contributed by atoms with Crippen LogP contribution in [-0.2, 0) is 5.54 Å². The lowest BCUT2D eigenvalue weighted by atomic mass is 9.77. The summed E-state index contributed by atoms with van der Waals surface area (Å²) >= 11 is 0. The predicted octanol–water partition coefficient (Wildman–Crippen LogP) is -0.0618. The first-order valence-electron chi connectivity index (χ1n) is 5.28. The lowest BCUT2D eigenvalue weighted by Gasteiger charge is -2.34. The van der Waals surface area contributed by atoms with Crippen LogP contribution < -0.4 is 17.3 Å². The predicted molar refractivity (Wildman–Crippen MR) is 58.1 cm³/mol. The van der Waals surface area contributed by atoms with Crippen LogP contribution >= 0.6 is 0 Å². The monoisotopic (exact) mass is 210 g/mol. The molecule has 1 aliphatic carbocycles. The molecular formula is C9H18N6. The minimum atomic E-state index is -0.452. The number of anilines is 1. The van der Waals surface area contributed by atoms with Crippen molar-refractivity contribution in [3.05, 3.63) is 5.82 Å². The van der Waals surface area contributed by atoms with Crippen LogP contribution in [0.25, 0.3) is 0 Å². The van der Waals surface area contributed by atoms with E-state index in [-0.39, 0.29) is 5.95 Å². The number of nitrogens with zero attached hydrogens (tertiary/aromatic N) is 3. The quantitative estimate of drug-likeness (QED) is 0.562. The van der Waals surface area contributed by atoms with E-state index >= 15 is 0 Å². The third-order valence-corrected chi connectivity index (χ3v) is 3.33. The first-order valence-corrected chi connectivity index (χ1v) is 5.28. The molecule has 1 fully saturated rings. The maximum absolute atomic E-state index is 6.30. The van der Waals surface area contributed by atoms with E-state index in [4.69, 9.17) is 17.3 Å². The molecule has 0 saturated heterocycles. The van der Waals surface area contributed by atoms with Gasteiger partial charge in [-0.15, -0.1) is 10.2 Å². The molecular weight excluding hydrogens is 192 g/mol. The highest BCUT2D eigenvalue weighted by atomic mass is 15.5. The van der Waals surface area contributed by atoms with Crippen LogP contribution in [0.3, 0.4) is 0 Å². The lowest BCUT2D eigenvalue weighted by Crippen LogP contribution is -2.43. The van der Waals surface area contributed by atoms with Crippen molar-refractivity contribution < 1.29 is 0 Å². The lowest BCUT2D eigenvalue weighted by molar-refractivity contribution is 0.233. The molecule has 84 valence electrons. The molecule has 15 heavy (non-hydrogen) atoms. The zero-order valence-corrected chi connectivity index (χ0v) is 8.98. The average molecular weight is 210 g/mol. The zero-order chi connectivity index (χ0) is 11.1. The topological polar surface area (TPSA) is 109 Å². The van der Waals surface area contributed by atoms with Gasteiger partial charge in [0.15, 0.2) is 5.82 Å². The standard InChI is InChI=1S/C9H18N6/c1-6-2-4-9(11,5-3-6)7-13-14-8(10)15(7)12/h6H,2-5,11-12H2,1H3,(H2,10,14). The van der Waals surface area contributed by atoms with Crippen LogP contribution in [0, 0.1) is 5.92 Å². The van der Waals surface area contributed by atoms with Crippen molar-refractivity contribution in [2.75, 3.05) is 11.6 Å². The van der Waals surface area contributed by atoms with Crippen LogP contribution in [0.4, 0.5) is 5.95 Å². The first-order chi connectivity index (χ1) is 7.03. The van der Waals surface area contributed by atoms with Crippen LogP contribution in [0.2, 0.25) is 0 Å². The molecule has 0 bridgehead atoms. The number of nitrogens with two attached hydrogens (primary N) is 3. The number of hydrogen-bond donors (Lipinski definition) is 3. The van der Waals surface area contributed by atoms with Crippen LogP contribution in [0.15, 0.2) is 0 Å². The molecule has 6 N–H and O–H groups in total. The molecule has 0 aromatic carbocycles. The third kappa shape index (κ3) is 1.65. The highest BCUT2D eigenvalue weighted by Gasteiger charge is 2.36. The summed E-state index contributed by atoms with van der Waals surface area (Å²) in [4.78, 5) is 0. The van der Waals surface area contributed by atoms with Gasteiger partial charge in [-0.05, 0) is 31.6 Å². The summed E-state index contributed by atoms with van der Waals surface area (Å²) in [5, 5.41) is 7.72. The summed E-state index contributed by atoms with van der Waals surface area (Å²) in [5.74, 6) is 7.29. The first kappa shape index (κ1) is 10.2. The molecule has 0 atom stereocenters. The second-order valence-electron chi connectivity index (χ2n) is 4.59. The Kier molecular flexibility index (Phi) is 2.30. The summed E-state index contributed by atoms with van der Waals surface area (Å²) in [6.07, 6.45) is 3.99. The van der Waals surface area contributed by atoms with Crippen LogP contribution in [0.5, 0.6) is 0 Å². The van der Waals surface area contributed by atoms with Gasteiger partial charge in [-0.3, -0.25) is 0 Å². The Morgan fingerprint density at radius 2 is 1.93 bits per heavy atom. The van der Waals surface area contributed by atoms with E-state index in [1.165, 1.54) is 4.68 Å². The SMILES string of the molecule is CC1CCC(N)(c2nnc(N)n2N)CC1.